The number of carbonyl (C=O) groups is 1. The first-order valence-corrected chi connectivity index (χ1v) is 7.47. The van der Waals surface area contributed by atoms with Crippen molar-refractivity contribution in [2.24, 2.45) is 11.7 Å². The maximum absolute atomic E-state index is 12.3. The lowest BCUT2D eigenvalue weighted by molar-refractivity contribution is -0.134. The lowest BCUT2D eigenvalue weighted by Gasteiger charge is -2.32. The van der Waals surface area contributed by atoms with Crippen molar-refractivity contribution < 1.29 is 4.79 Å². The maximum Gasteiger partial charge on any atom is 0.222 e. The molecule has 3 heteroatoms. The van der Waals surface area contributed by atoms with E-state index < -0.39 is 0 Å². The number of nitrogens with zero attached hydrogens (tertiary/aromatic N) is 1. The quantitative estimate of drug-likeness (QED) is 0.688. The number of hydrogen-bond donors (Lipinski definition) is 1. The van der Waals surface area contributed by atoms with Crippen LogP contribution in [0.3, 0.4) is 0 Å². The van der Waals surface area contributed by atoms with Gasteiger partial charge in [0.1, 0.15) is 0 Å². The summed E-state index contributed by atoms with van der Waals surface area (Å²) in [5.41, 5.74) is 5.72. The largest absolute Gasteiger partial charge is 0.339 e. The minimum Gasteiger partial charge on any atom is -0.339 e. The summed E-state index contributed by atoms with van der Waals surface area (Å²) in [6.45, 7) is 11.5. The molecule has 0 heterocycles. The van der Waals surface area contributed by atoms with Crippen LogP contribution in [-0.4, -0.2) is 29.4 Å². The van der Waals surface area contributed by atoms with Crippen molar-refractivity contribution in [1.29, 1.82) is 0 Å². The summed E-state index contributed by atoms with van der Waals surface area (Å²) >= 11 is 0. The number of amides is 1. The van der Waals surface area contributed by atoms with Gasteiger partial charge in [-0.1, -0.05) is 27.7 Å². The molecule has 1 amide bonds. The van der Waals surface area contributed by atoms with E-state index in [4.69, 9.17) is 5.73 Å². The highest BCUT2D eigenvalue weighted by molar-refractivity contribution is 5.76. The Balaban J connectivity index is 4.39. The number of rotatable bonds is 9. The van der Waals surface area contributed by atoms with Crippen molar-refractivity contribution in [2.45, 2.75) is 78.8 Å². The number of nitrogens with two attached hydrogens (primary N) is 1. The summed E-state index contributed by atoms with van der Waals surface area (Å²) in [5, 5.41) is 0. The third kappa shape index (κ3) is 7.00. The molecule has 1 atom stereocenters. The Kier molecular flexibility index (Phi) is 9.08. The molecule has 0 bridgehead atoms. The second-order valence-electron chi connectivity index (χ2n) is 5.78. The topological polar surface area (TPSA) is 46.3 Å². The predicted molar refractivity (Wildman–Crippen MR) is 78.4 cm³/mol. The van der Waals surface area contributed by atoms with Crippen LogP contribution in [0.4, 0.5) is 0 Å². The smallest absolute Gasteiger partial charge is 0.222 e. The van der Waals surface area contributed by atoms with Gasteiger partial charge >= 0.3 is 0 Å². The normalized spacial score (nSPS) is 13.1. The van der Waals surface area contributed by atoms with Crippen LogP contribution in [0.2, 0.25) is 0 Å². The first-order chi connectivity index (χ1) is 8.42. The molecule has 18 heavy (non-hydrogen) atoms. The van der Waals surface area contributed by atoms with Gasteiger partial charge in [0, 0.05) is 25.0 Å². The SMILES string of the molecule is CCC(CC)N(CC(C)C)C(=O)CCCC(C)N. The highest BCUT2D eigenvalue weighted by Crippen LogP contribution is 2.14. The molecule has 0 aliphatic carbocycles. The Bertz CT molecular complexity index is 223. The molecule has 0 aromatic rings. The molecular formula is C15H32N2O. The molecule has 0 saturated heterocycles. The molecule has 3 nitrogen and oxygen atoms in total. The van der Waals surface area contributed by atoms with Crippen LogP contribution in [-0.2, 0) is 4.79 Å². The van der Waals surface area contributed by atoms with E-state index in [1.54, 1.807) is 0 Å². The van der Waals surface area contributed by atoms with E-state index in [1.807, 2.05) is 6.92 Å². The Labute approximate surface area is 113 Å². The monoisotopic (exact) mass is 256 g/mol. The first-order valence-electron chi connectivity index (χ1n) is 7.47. The minimum absolute atomic E-state index is 0.199. The summed E-state index contributed by atoms with van der Waals surface area (Å²) < 4.78 is 0. The minimum atomic E-state index is 0.199. The van der Waals surface area contributed by atoms with Gasteiger partial charge in [0.2, 0.25) is 5.91 Å². The van der Waals surface area contributed by atoms with Crippen LogP contribution < -0.4 is 5.73 Å². The van der Waals surface area contributed by atoms with E-state index in [-0.39, 0.29) is 6.04 Å². The second-order valence-corrected chi connectivity index (χ2v) is 5.78. The second kappa shape index (κ2) is 9.37. The fourth-order valence-corrected chi connectivity index (χ4v) is 2.30. The van der Waals surface area contributed by atoms with E-state index in [0.717, 1.165) is 32.2 Å². The molecule has 0 aliphatic rings. The van der Waals surface area contributed by atoms with Gasteiger partial charge in [0.15, 0.2) is 0 Å². The lowest BCUT2D eigenvalue weighted by Crippen LogP contribution is -2.42. The summed E-state index contributed by atoms with van der Waals surface area (Å²) in [5.74, 6) is 0.834. The summed E-state index contributed by atoms with van der Waals surface area (Å²) in [6, 6.07) is 0.597. The molecule has 108 valence electrons. The molecule has 0 saturated carbocycles. The molecule has 0 aliphatic heterocycles. The molecule has 0 spiro atoms. The average molecular weight is 256 g/mol. The van der Waals surface area contributed by atoms with Crippen LogP contribution in [0.5, 0.6) is 0 Å². The molecule has 0 aromatic carbocycles. The van der Waals surface area contributed by atoms with Gasteiger partial charge in [0.05, 0.1) is 0 Å². The third-order valence-electron chi connectivity index (χ3n) is 3.32. The molecule has 0 rings (SSSR count). The number of carbonyl (C=O) groups excluding carboxylic acids is 1. The first kappa shape index (κ1) is 17.4. The summed E-state index contributed by atoms with van der Waals surface area (Å²) in [6.07, 6.45) is 4.57. The maximum atomic E-state index is 12.3. The van der Waals surface area contributed by atoms with E-state index in [1.165, 1.54) is 0 Å². The molecule has 0 radical (unpaired) electrons. The van der Waals surface area contributed by atoms with E-state index in [2.05, 4.69) is 32.6 Å². The molecule has 2 N–H and O–H groups in total. The van der Waals surface area contributed by atoms with Crippen LogP contribution >= 0.6 is 0 Å². The molecule has 0 fully saturated rings. The molecular weight excluding hydrogens is 224 g/mol. The Morgan fingerprint density at radius 1 is 1.17 bits per heavy atom. The van der Waals surface area contributed by atoms with Crippen LogP contribution in [0.1, 0.15) is 66.7 Å². The van der Waals surface area contributed by atoms with Gasteiger partial charge in [0.25, 0.3) is 0 Å². The van der Waals surface area contributed by atoms with E-state index >= 15 is 0 Å². The fraction of sp³-hybridized carbons (Fsp3) is 0.933. The summed E-state index contributed by atoms with van der Waals surface area (Å²) in [7, 11) is 0. The standard InChI is InChI=1S/C15H32N2O/c1-6-14(7-2)17(11-12(3)4)15(18)10-8-9-13(5)16/h12-14H,6-11,16H2,1-5H3. The van der Waals surface area contributed by atoms with Crippen molar-refractivity contribution in [3.63, 3.8) is 0 Å². The van der Waals surface area contributed by atoms with Gasteiger partial charge < -0.3 is 10.6 Å². The third-order valence-corrected chi connectivity index (χ3v) is 3.32. The average Bonchev–Trinajstić information content (AvgIpc) is 2.28. The fourth-order valence-electron chi connectivity index (χ4n) is 2.30. The lowest BCUT2D eigenvalue weighted by atomic mass is 10.1. The number of hydrogen-bond acceptors (Lipinski definition) is 2. The van der Waals surface area contributed by atoms with Crippen molar-refractivity contribution >= 4 is 5.91 Å². The zero-order chi connectivity index (χ0) is 14.1. The Morgan fingerprint density at radius 3 is 2.11 bits per heavy atom. The van der Waals surface area contributed by atoms with E-state index in [0.29, 0.717) is 24.3 Å². The highest BCUT2D eigenvalue weighted by atomic mass is 16.2. The van der Waals surface area contributed by atoms with Crippen LogP contribution in [0.15, 0.2) is 0 Å². The summed E-state index contributed by atoms with van der Waals surface area (Å²) in [4.78, 5) is 14.4. The van der Waals surface area contributed by atoms with E-state index in [9.17, 15) is 4.79 Å². The Morgan fingerprint density at radius 2 is 1.72 bits per heavy atom. The van der Waals surface area contributed by atoms with Crippen LogP contribution in [0, 0.1) is 5.92 Å². The van der Waals surface area contributed by atoms with Gasteiger partial charge in [-0.25, -0.2) is 0 Å². The van der Waals surface area contributed by atoms with Gasteiger partial charge in [-0.2, -0.15) is 0 Å². The highest BCUT2D eigenvalue weighted by Gasteiger charge is 2.21. The zero-order valence-corrected chi connectivity index (χ0v) is 12.9. The van der Waals surface area contributed by atoms with Gasteiger partial charge in [-0.05, 0) is 38.5 Å². The zero-order valence-electron chi connectivity index (χ0n) is 12.9. The van der Waals surface area contributed by atoms with Gasteiger partial charge in [-0.15, -0.1) is 0 Å². The van der Waals surface area contributed by atoms with Crippen molar-refractivity contribution in [3.8, 4) is 0 Å². The van der Waals surface area contributed by atoms with Crippen molar-refractivity contribution in [2.75, 3.05) is 6.54 Å². The Hall–Kier alpha value is -0.570. The van der Waals surface area contributed by atoms with Crippen molar-refractivity contribution in [1.82, 2.24) is 4.90 Å². The van der Waals surface area contributed by atoms with Crippen molar-refractivity contribution in [3.05, 3.63) is 0 Å². The van der Waals surface area contributed by atoms with Crippen LogP contribution in [0.25, 0.3) is 0 Å². The predicted octanol–water partition coefficient (Wildman–Crippen LogP) is 3.18. The molecule has 1 unspecified atom stereocenters. The van der Waals surface area contributed by atoms with Gasteiger partial charge in [-0.3, -0.25) is 4.79 Å². The molecule has 0 aromatic heterocycles.